The molecule has 5 aromatic rings. The highest BCUT2D eigenvalue weighted by Crippen LogP contribution is 2.30. The van der Waals surface area contributed by atoms with E-state index in [9.17, 15) is 23.3 Å². The maximum Gasteiger partial charge on any atom is 0.271 e. The number of nitrogens with zero attached hydrogens (tertiary/aromatic N) is 3. The van der Waals surface area contributed by atoms with Crippen LogP contribution in [0.3, 0.4) is 0 Å². The molecule has 0 aliphatic heterocycles. The molecule has 0 aliphatic rings. The number of rotatable bonds is 5. The number of sulfonamides is 1. The number of non-ortho nitro benzene ring substituents is 1. The highest BCUT2D eigenvalue weighted by atomic mass is 32.2. The van der Waals surface area contributed by atoms with Gasteiger partial charge in [0.2, 0.25) is 10.0 Å². The molecule has 0 fully saturated rings. The average Bonchev–Trinajstić information content (AvgIpc) is 2.83. The van der Waals surface area contributed by atoms with Gasteiger partial charge in [0.05, 0.1) is 27.9 Å². The molecule has 0 unspecified atom stereocenters. The van der Waals surface area contributed by atoms with E-state index in [-0.39, 0.29) is 11.2 Å². The van der Waals surface area contributed by atoms with Crippen molar-refractivity contribution < 1.29 is 13.3 Å². The minimum atomic E-state index is -3.37. The van der Waals surface area contributed by atoms with Crippen LogP contribution < -0.4 is 10.3 Å². The first-order valence-electron chi connectivity index (χ1n) is 10.5. The van der Waals surface area contributed by atoms with E-state index in [2.05, 4.69) is 9.71 Å². The highest BCUT2D eigenvalue weighted by Gasteiger charge is 2.14. The van der Waals surface area contributed by atoms with Crippen molar-refractivity contribution in [3.63, 3.8) is 0 Å². The number of nitro benzene ring substituents is 1. The van der Waals surface area contributed by atoms with E-state index in [1.165, 1.54) is 22.8 Å². The Morgan fingerprint density at radius 2 is 1.69 bits per heavy atom. The molecule has 0 atom stereocenters. The fourth-order valence-electron chi connectivity index (χ4n) is 4.04. The van der Waals surface area contributed by atoms with Gasteiger partial charge in [-0.1, -0.05) is 30.3 Å². The SMILES string of the molecule is CS(=O)(=O)Nc1ccc(-c2ccc3c(c2)ncc2ccc(=O)n(-c4cccc([N+](=O)[O-])c4)c23)cc1. The topological polar surface area (TPSA) is 124 Å². The number of anilines is 1. The fourth-order valence-corrected chi connectivity index (χ4v) is 4.60. The van der Waals surface area contributed by atoms with Crippen LogP contribution >= 0.6 is 0 Å². The summed E-state index contributed by atoms with van der Waals surface area (Å²) in [7, 11) is -3.37. The highest BCUT2D eigenvalue weighted by molar-refractivity contribution is 7.92. The molecule has 10 heteroatoms. The molecular weight excluding hydrogens is 468 g/mol. The first-order valence-corrected chi connectivity index (χ1v) is 12.4. The zero-order valence-electron chi connectivity index (χ0n) is 18.4. The summed E-state index contributed by atoms with van der Waals surface area (Å²) in [5, 5.41) is 12.7. The number of hydrogen-bond acceptors (Lipinski definition) is 6. The summed E-state index contributed by atoms with van der Waals surface area (Å²) in [4.78, 5) is 28.2. The van der Waals surface area contributed by atoms with Crippen molar-refractivity contribution in [2.24, 2.45) is 0 Å². The van der Waals surface area contributed by atoms with Gasteiger partial charge in [-0.3, -0.25) is 29.2 Å². The summed E-state index contributed by atoms with van der Waals surface area (Å²) in [5.41, 5.74) is 3.37. The van der Waals surface area contributed by atoms with Crippen LogP contribution in [0.2, 0.25) is 0 Å². The molecule has 174 valence electrons. The predicted octanol–water partition coefficient (Wildman–Crippen LogP) is 4.49. The smallest absolute Gasteiger partial charge is 0.271 e. The van der Waals surface area contributed by atoms with Crippen molar-refractivity contribution >= 4 is 43.2 Å². The van der Waals surface area contributed by atoms with Crippen molar-refractivity contribution in [1.29, 1.82) is 0 Å². The van der Waals surface area contributed by atoms with Gasteiger partial charge in [0.15, 0.2) is 0 Å². The molecule has 2 heterocycles. The van der Waals surface area contributed by atoms with Gasteiger partial charge in [-0.05, 0) is 41.5 Å². The Morgan fingerprint density at radius 3 is 2.40 bits per heavy atom. The van der Waals surface area contributed by atoms with E-state index in [4.69, 9.17) is 0 Å². The van der Waals surface area contributed by atoms with Gasteiger partial charge in [-0.2, -0.15) is 0 Å². The van der Waals surface area contributed by atoms with Crippen LogP contribution in [0.5, 0.6) is 0 Å². The molecule has 3 aromatic carbocycles. The molecule has 35 heavy (non-hydrogen) atoms. The first-order chi connectivity index (χ1) is 16.7. The lowest BCUT2D eigenvalue weighted by molar-refractivity contribution is -0.384. The van der Waals surface area contributed by atoms with Crippen LogP contribution in [0.4, 0.5) is 11.4 Å². The maximum atomic E-state index is 12.9. The second kappa shape index (κ2) is 8.33. The first kappa shape index (κ1) is 22.2. The quantitative estimate of drug-likeness (QED) is 0.222. The van der Waals surface area contributed by atoms with Crippen LogP contribution in [0.15, 0.2) is 89.9 Å². The van der Waals surface area contributed by atoms with E-state index in [0.717, 1.165) is 17.4 Å². The lowest BCUT2D eigenvalue weighted by Crippen LogP contribution is -2.17. The second-order valence-electron chi connectivity index (χ2n) is 8.03. The van der Waals surface area contributed by atoms with Gasteiger partial charge in [0.1, 0.15) is 0 Å². The molecule has 0 saturated carbocycles. The minimum Gasteiger partial charge on any atom is -0.284 e. The second-order valence-corrected chi connectivity index (χ2v) is 9.78. The number of nitro groups is 1. The number of fused-ring (bicyclic) bond motifs is 3. The van der Waals surface area contributed by atoms with Crippen molar-refractivity contribution in [2.75, 3.05) is 11.0 Å². The van der Waals surface area contributed by atoms with E-state index < -0.39 is 14.9 Å². The van der Waals surface area contributed by atoms with Crippen LogP contribution in [-0.4, -0.2) is 29.1 Å². The minimum absolute atomic E-state index is 0.110. The fraction of sp³-hybridized carbons (Fsp3) is 0.0400. The van der Waals surface area contributed by atoms with Crippen molar-refractivity contribution in [3.8, 4) is 16.8 Å². The zero-order chi connectivity index (χ0) is 24.7. The molecule has 0 aliphatic carbocycles. The third kappa shape index (κ3) is 4.34. The third-order valence-electron chi connectivity index (χ3n) is 5.54. The van der Waals surface area contributed by atoms with Gasteiger partial charge < -0.3 is 0 Å². The lowest BCUT2D eigenvalue weighted by Gasteiger charge is -2.13. The molecule has 5 rings (SSSR count). The predicted molar refractivity (Wildman–Crippen MR) is 135 cm³/mol. The molecule has 2 aromatic heterocycles. The standard InChI is InChI=1S/C25H18N4O5S/c1-35(33,34)27-19-9-5-16(6-10-19)17-7-11-22-23(13-17)26-15-18-8-12-24(30)28(25(18)22)20-3-2-4-21(14-20)29(31)32/h2-15,27H,1H3. The molecular formula is C25H18N4O5S. The van der Waals surface area contributed by atoms with E-state index in [0.29, 0.717) is 33.2 Å². The molecule has 0 spiro atoms. The summed E-state index contributed by atoms with van der Waals surface area (Å²) >= 11 is 0. The lowest BCUT2D eigenvalue weighted by atomic mass is 10.0. The largest absolute Gasteiger partial charge is 0.284 e. The molecule has 0 amide bonds. The van der Waals surface area contributed by atoms with Crippen LogP contribution in [0.25, 0.3) is 38.6 Å². The van der Waals surface area contributed by atoms with Gasteiger partial charge in [0, 0.05) is 40.9 Å². The Hall–Kier alpha value is -4.57. The molecule has 1 N–H and O–H groups in total. The van der Waals surface area contributed by atoms with Crippen molar-refractivity contribution in [3.05, 3.63) is 106 Å². The van der Waals surface area contributed by atoms with Gasteiger partial charge >= 0.3 is 0 Å². The zero-order valence-corrected chi connectivity index (χ0v) is 19.2. The number of aromatic nitrogens is 2. The number of hydrogen-bond donors (Lipinski definition) is 1. The van der Waals surface area contributed by atoms with E-state index in [1.807, 2.05) is 18.2 Å². The maximum absolute atomic E-state index is 12.9. The van der Waals surface area contributed by atoms with Gasteiger partial charge in [-0.15, -0.1) is 0 Å². The Kier molecular flexibility index (Phi) is 5.29. The number of benzene rings is 3. The van der Waals surface area contributed by atoms with Crippen LogP contribution in [0, 0.1) is 10.1 Å². The molecule has 9 nitrogen and oxygen atoms in total. The molecule has 0 saturated heterocycles. The molecule has 0 radical (unpaired) electrons. The normalized spacial score (nSPS) is 11.6. The van der Waals surface area contributed by atoms with E-state index >= 15 is 0 Å². The Morgan fingerprint density at radius 1 is 0.943 bits per heavy atom. The van der Waals surface area contributed by atoms with Crippen molar-refractivity contribution in [1.82, 2.24) is 9.55 Å². The van der Waals surface area contributed by atoms with Crippen molar-refractivity contribution in [2.45, 2.75) is 0 Å². The summed E-state index contributed by atoms with van der Waals surface area (Å²) in [6, 6.07) is 21.6. The van der Waals surface area contributed by atoms with Crippen LogP contribution in [0.1, 0.15) is 0 Å². The summed E-state index contributed by atoms with van der Waals surface area (Å²) in [5.74, 6) is 0. The average molecular weight is 487 g/mol. The molecule has 0 bridgehead atoms. The Labute approximate surface area is 199 Å². The van der Waals surface area contributed by atoms with Gasteiger partial charge in [0.25, 0.3) is 11.2 Å². The van der Waals surface area contributed by atoms with Crippen LogP contribution in [-0.2, 0) is 10.0 Å². The third-order valence-corrected chi connectivity index (χ3v) is 6.15. The Bertz CT molecular complexity index is 1800. The monoisotopic (exact) mass is 486 g/mol. The Balaban J connectivity index is 1.67. The van der Waals surface area contributed by atoms with E-state index in [1.54, 1.807) is 48.7 Å². The summed E-state index contributed by atoms with van der Waals surface area (Å²) in [6.07, 6.45) is 2.75. The summed E-state index contributed by atoms with van der Waals surface area (Å²) < 4.78 is 26.8. The van der Waals surface area contributed by atoms with Gasteiger partial charge in [-0.25, -0.2) is 8.42 Å². The number of pyridine rings is 2. The number of nitrogens with one attached hydrogen (secondary N) is 1. The summed E-state index contributed by atoms with van der Waals surface area (Å²) in [6.45, 7) is 0.